The van der Waals surface area contributed by atoms with Crippen molar-refractivity contribution in [3.8, 4) is 0 Å². The van der Waals surface area contributed by atoms with E-state index in [1.165, 1.54) is 41.5 Å². The van der Waals surface area contributed by atoms with Crippen LogP contribution >= 0.6 is 14.8 Å². The number of aromatic nitrogens is 4. The quantitative estimate of drug-likeness (QED) is 0.305. The van der Waals surface area contributed by atoms with Crippen LogP contribution in [0.15, 0.2) is 55.6 Å². The van der Waals surface area contributed by atoms with Crippen molar-refractivity contribution >= 4 is 14.8 Å². The van der Waals surface area contributed by atoms with Crippen LogP contribution in [0.5, 0.6) is 0 Å². The molecular formula is C23H33FN6O10P2. The third-order valence-corrected chi connectivity index (χ3v) is 10.0. The van der Waals surface area contributed by atoms with Crippen LogP contribution in [-0.4, -0.2) is 105 Å². The fraction of sp³-hybridized carbons (Fsp3) is 0.565. The van der Waals surface area contributed by atoms with Gasteiger partial charge in [-0.3, -0.25) is 33.3 Å². The molecule has 0 aliphatic carbocycles. The van der Waals surface area contributed by atoms with Gasteiger partial charge in [0, 0.05) is 31.1 Å². The van der Waals surface area contributed by atoms with Crippen LogP contribution in [0.25, 0.3) is 0 Å². The van der Waals surface area contributed by atoms with E-state index in [9.17, 15) is 37.8 Å². The summed E-state index contributed by atoms with van der Waals surface area (Å²) < 4.78 is 63.6. The summed E-state index contributed by atoms with van der Waals surface area (Å²) in [4.78, 5) is 51.8. The van der Waals surface area contributed by atoms with Gasteiger partial charge in [-0.2, -0.15) is 0 Å². The van der Waals surface area contributed by atoms with Crippen molar-refractivity contribution in [3.05, 3.63) is 78.1 Å². The van der Waals surface area contributed by atoms with E-state index in [2.05, 4.69) is 4.98 Å². The zero-order valence-corrected chi connectivity index (χ0v) is 25.0. The molecule has 0 spiro atoms. The van der Waals surface area contributed by atoms with Gasteiger partial charge in [0.2, 0.25) is 0 Å². The SMILES string of the molecule is CN(C)P(=O)(OC[C@H]1O[C@@H](n2ccc(=O)[nH]c2=O)[C@H](F)[C@@H]1O)N1C[C@@H](/C=C/P(C)(C)=O)O[C@@H](n2ccc(=O)[nH]c2=O)C1. The number of alkyl halides is 1. The van der Waals surface area contributed by atoms with Gasteiger partial charge in [-0.15, -0.1) is 0 Å². The van der Waals surface area contributed by atoms with E-state index in [1.54, 1.807) is 13.3 Å². The molecule has 4 heterocycles. The van der Waals surface area contributed by atoms with Gasteiger partial charge in [0.15, 0.2) is 18.6 Å². The number of hydrogen-bond donors (Lipinski definition) is 3. The molecule has 232 valence electrons. The highest BCUT2D eigenvalue weighted by molar-refractivity contribution is 7.65. The third-order valence-electron chi connectivity index (χ3n) is 6.60. The first-order chi connectivity index (χ1) is 19.6. The van der Waals surface area contributed by atoms with Crippen molar-refractivity contribution in [1.82, 2.24) is 28.4 Å². The summed E-state index contributed by atoms with van der Waals surface area (Å²) in [6.45, 7) is 2.33. The first-order valence-corrected chi connectivity index (χ1v) is 17.0. The minimum absolute atomic E-state index is 0.0320. The maximum absolute atomic E-state index is 15.0. The topological polar surface area (TPSA) is 198 Å². The maximum Gasteiger partial charge on any atom is 0.345 e. The minimum Gasteiger partial charge on any atom is -0.387 e. The standard InChI is InChI=1S/C23H33FN6O10P2/c1-27(2)42(37,38-13-15-20(33)19(24)21(40-15)30-9-6-17(32)26-23(30)35)28-11-14(7-10-41(3,4)36)39-18(12-28)29-8-5-16(31)25-22(29)34/h5-10,14-15,18-21,33H,11-13H2,1-4H3,(H,25,31,34)(H,26,32,35)/b10-7+/t14-,15-,18-,19-,20-,21-,42?/m1/s1. The lowest BCUT2D eigenvalue weighted by molar-refractivity contribution is -0.0896. The smallest absolute Gasteiger partial charge is 0.345 e. The van der Waals surface area contributed by atoms with Crippen LogP contribution in [0.3, 0.4) is 0 Å². The molecule has 16 nitrogen and oxygen atoms in total. The minimum atomic E-state index is -3.99. The molecule has 2 aromatic heterocycles. The van der Waals surface area contributed by atoms with Crippen molar-refractivity contribution in [1.29, 1.82) is 0 Å². The zero-order chi connectivity index (χ0) is 31.0. The monoisotopic (exact) mass is 634 g/mol. The van der Waals surface area contributed by atoms with E-state index in [1.807, 2.05) is 4.98 Å². The summed E-state index contributed by atoms with van der Waals surface area (Å²) in [6, 6.07) is 2.12. The molecule has 0 aromatic carbocycles. The van der Waals surface area contributed by atoms with Crippen LogP contribution < -0.4 is 22.5 Å². The number of halogens is 1. The van der Waals surface area contributed by atoms with E-state index in [0.29, 0.717) is 0 Å². The fourth-order valence-corrected chi connectivity index (χ4v) is 7.05. The van der Waals surface area contributed by atoms with Gasteiger partial charge >= 0.3 is 19.0 Å². The molecule has 2 fully saturated rings. The zero-order valence-electron chi connectivity index (χ0n) is 23.2. The van der Waals surface area contributed by atoms with Gasteiger partial charge in [-0.25, -0.2) is 23.3 Å². The number of aliphatic hydroxyl groups is 1. The highest BCUT2D eigenvalue weighted by Gasteiger charge is 2.48. The molecule has 7 atom stereocenters. The summed E-state index contributed by atoms with van der Waals surface area (Å²) in [7, 11) is -3.67. The number of aliphatic hydroxyl groups excluding tert-OH is 1. The summed E-state index contributed by atoms with van der Waals surface area (Å²) in [5.74, 6) is 1.47. The molecule has 1 unspecified atom stereocenters. The molecule has 0 radical (unpaired) electrons. The molecular weight excluding hydrogens is 601 g/mol. The number of hydrogen-bond acceptors (Lipinski definition) is 10. The van der Waals surface area contributed by atoms with Crippen LogP contribution in [0.1, 0.15) is 12.5 Å². The Morgan fingerprint density at radius 3 is 2.19 bits per heavy atom. The van der Waals surface area contributed by atoms with E-state index < -0.39 is 80.9 Å². The van der Waals surface area contributed by atoms with Crippen molar-refractivity contribution in [2.24, 2.45) is 0 Å². The van der Waals surface area contributed by atoms with E-state index in [0.717, 1.165) is 27.5 Å². The molecule has 0 amide bonds. The number of nitrogens with zero attached hydrogens (tertiary/aromatic N) is 4. The van der Waals surface area contributed by atoms with Crippen molar-refractivity contribution in [2.75, 3.05) is 47.1 Å². The largest absolute Gasteiger partial charge is 0.387 e. The average molecular weight is 634 g/mol. The number of H-pyrrole nitrogens is 2. The normalized spacial score (nSPS) is 28.8. The van der Waals surface area contributed by atoms with Gasteiger partial charge in [-0.05, 0) is 33.2 Å². The predicted octanol–water partition coefficient (Wildman–Crippen LogP) is -0.295. The summed E-state index contributed by atoms with van der Waals surface area (Å²) in [5.41, 5.74) is -3.03. The highest BCUT2D eigenvalue weighted by Crippen LogP contribution is 2.55. The van der Waals surface area contributed by atoms with Gasteiger partial charge < -0.3 is 23.7 Å². The number of ether oxygens (including phenoxy) is 2. The molecule has 3 N–H and O–H groups in total. The van der Waals surface area contributed by atoms with E-state index in [4.69, 9.17) is 14.0 Å². The Labute approximate surface area is 238 Å². The molecule has 2 aromatic rings. The maximum atomic E-state index is 15.0. The Kier molecular flexibility index (Phi) is 9.55. The number of aromatic amines is 2. The van der Waals surface area contributed by atoms with Crippen LogP contribution in [0.2, 0.25) is 0 Å². The van der Waals surface area contributed by atoms with Crippen molar-refractivity contribution in [3.63, 3.8) is 0 Å². The van der Waals surface area contributed by atoms with Gasteiger partial charge in [0.05, 0.1) is 19.3 Å². The molecule has 0 bridgehead atoms. The molecule has 0 saturated carbocycles. The van der Waals surface area contributed by atoms with Crippen LogP contribution in [-0.2, 0) is 23.1 Å². The summed E-state index contributed by atoms with van der Waals surface area (Å²) in [5, 5.41) is 10.5. The second-order valence-electron chi connectivity index (χ2n) is 10.4. The van der Waals surface area contributed by atoms with Crippen molar-refractivity contribution in [2.45, 2.75) is 36.9 Å². The third kappa shape index (κ3) is 7.06. The number of rotatable bonds is 9. The second-order valence-corrected chi connectivity index (χ2v) is 16.2. The molecule has 4 rings (SSSR count). The number of morpholine rings is 1. The van der Waals surface area contributed by atoms with Crippen LogP contribution in [0.4, 0.5) is 4.39 Å². The van der Waals surface area contributed by atoms with E-state index >= 15 is 0 Å². The molecule has 2 aliphatic rings. The van der Waals surface area contributed by atoms with Crippen molar-refractivity contribution < 1.29 is 32.6 Å². The lowest BCUT2D eigenvalue weighted by atomic mass is 10.1. The number of nitrogens with one attached hydrogen (secondary N) is 2. The second kappa shape index (κ2) is 12.5. The first kappa shape index (κ1) is 32.2. The Hall–Kier alpha value is -2.75. The average Bonchev–Trinajstić information content (AvgIpc) is 3.18. The molecule has 2 saturated heterocycles. The molecule has 42 heavy (non-hydrogen) atoms. The van der Waals surface area contributed by atoms with Gasteiger partial charge in [0.25, 0.3) is 11.1 Å². The van der Waals surface area contributed by atoms with Crippen LogP contribution in [0, 0.1) is 0 Å². The summed E-state index contributed by atoms with van der Waals surface area (Å²) >= 11 is 0. The fourth-order valence-electron chi connectivity index (χ4n) is 4.49. The Balaban J connectivity index is 1.59. The lowest BCUT2D eigenvalue weighted by Gasteiger charge is -2.42. The molecule has 2 aliphatic heterocycles. The van der Waals surface area contributed by atoms with Gasteiger partial charge in [-0.1, -0.05) is 6.08 Å². The van der Waals surface area contributed by atoms with E-state index in [-0.39, 0.29) is 13.1 Å². The Bertz CT molecular complexity index is 1650. The predicted molar refractivity (Wildman–Crippen MR) is 149 cm³/mol. The Morgan fingerprint density at radius 2 is 1.64 bits per heavy atom. The highest BCUT2D eigenvalue weighted by atomic mass is 31.2. The Morgan fingerprint density at radius 1 is 1.05 bits per heavy atom. The van der Waals surface area contributed by atoms with Gasteiger partial charge in [0.1, 0.15) is 19.3 Å². The lowest BCUT2D eigenvalue weighted by Crippen LogP contribution is -2.48. The summed E-state index contributed by atoms with van der Waals surface area (Å²) in [6.07, 6.45) is -4.84. The first-order valence-electron chi connectivity index (χ1n) is 12.8. The molecule has 19 heteroatoms.